The number of aromatic nitrogens is 2. The Hall–Kier alpha value is -3.14. The summed E-state index contributed by atoms with van der Waals surface area (Å²) < 4.78 is 7.40. The highest BCUT2D eigenvalue weighted by Gasteiger charge is 2.54. The molecule has 4 saturated heterocycles. The summed E-state index contributed by atoms with van der Waals surface area (Å²) >= 11 is 0. The Bertz CT molecular complexity index is 1290. The highest BCUT2D eigenvalue weighted by molar-refractivity contribution is 6.03. The molecule has 1 aromatic carbocycles. The summed E-state index contributed by atoms with van der Waals surface area (Å²) in [4.78, 5) is 43.3. The fourth-order valence-electron chi connectivity index (χ4n) is 6.98. The van der Waals surface area contributed by atoms with Gasteiger partial charge in [-0.15, -0.1) is 0 Å². The first-order valence-electron chi connectivity index (χ1n) is 14.2. The van der Waals surface area contributed by atoms with E-state index < -0.39 is 5.60 Å². The highest BCUT2D eigenvalue weighted by Crippen LogP contribution is 2.41. The lowest BCUT2D eigenvalue weighted by molar-refractivity contribution is -0.134. The van der Waals surface area contributed by atoms with Gasteiger partial charge in [-0.05, 0) is 52.0 Å². The van der Waals surface area contributed by atoms with Gasteiger partial charge in [-0.1, -0.05) is 12.1 Å². The van der Waals surface area contributed by atoms with Crippen molar-refractivity contribution < 1.29 is 19.1 Å². The number of hydrogen-bond acceptors (Lipinski definition) is 7. The minimum absolute atomic E-state index is 0.188. The van der Waals surface area contributed by atoms with E-state index in [-0.39, 0.29) is 29.2 Å². The van der Waals surface area contributed by atoms with Crippen LogP contribution in [0.4, 0.5) is 10.5 Å². The van der Waals surface area contributed by atoms with Crippen LogP contribution in [0.15, 0.2) is 18.2 Å². The summed E-state index contributed by atoms with van der Waals surface area (Å²) in [6, 6.07) is 6.26. The van der Waals surface area contributed by atoms with Crippen LogP contribution in [-0.4, -0.2) is 88.9 Å². The van der Waals surface area contributed by atoms with Crippen molar-refractivity contribution in [2.75, 3.05) is 50.7 Å². The zero-order valence-electron chi connectivity index (χ0n) is 23.5. The Morgan fingerprint density at radius 2 is 1.82 bits per heavy atom. The maximum absolute atomic E-state index is 12.5. The van der Waals surface area contributed by atoms with Crippen LogP contribution < -0.4 is 10.2 Å². The van der Waals surface area contributed by atoms with Crippen LogP contribution in [0, 0.1) is 11.3 Å². The molecule has 0 radical (unpaired) electrons. The number of aryl methyl sites for hydroxylation is 1. The maximum Gasteiger partial charge on any atom is 0.410 e. The highest BCUT2D eigenvalue weighted by atomic mass is 16.6. The van der Waals surface area contributed by atoms with E-state index in [1.807, 2.05) is 43.5 Å². The molecule has 1 spiro atoms. The van der Waals surface area contributed by atoms with Crippen molar-refractivity contribution in [1.82, 2.24) is 24.9 Å². The minimum atomic E-state index is -0.446. The molecule has 0 aliphatic carbocycles. The van der Waals surface area contributed by atoms with Gasteiger partial charge < -0.3 is 19.4 Å². The number of carbonyl (C=O) groups excluding carboxylic acids is 3. The van der Waals surface area contributed by atoms with Crippen LogP contribution in [0.2, 0.25) is 0 Å². The third kappa shape index (κ3) is 4.99. The normalized spacial score (nSPS) is 24.1. The second-order valence-corrected chi connectivity index (χ2v) is 13.1. The molecule has 10 heteroatoms. The number of benzene rings is 1. The molecule has 0 bridgehead atoms. The van der Waals surface area contributed by atoms with E-state index >= 15 is 0 Å². The zero-order chi connectivity index (χ0) is 27.5. The van der Waals surface area contributed by atoms with Crippen molar-refractivity contribution in [2.24, 2.45) is 18.4 Å². The zero-order valence-corrected chi connectivity index (χ0v) is 23.5. The standard InChI is InChI=1S/C29H40N6O4/c1-28(2,3)39-27(38)35-17-29(18-35)15-33(16-29)14-19-10-12-34(13-11-19)22-7-5-6-20-24(31-32(4)25(20)22)21-8-9-23(36)30-26(21)37/h5-7,19,21H,8-18H2,1-4H3,(H,30,36,37). The molecule has 39 heavy (non-hydrogen) atoms. The van der Waals surface area contributed by atoms with Crippen LogP contribution in [0.25, 0.3) is 10.9 Å². The van der Waals surface area contributed by atoms with Crippen molar-refractivity contribution in [2.45, 2.75) is 58.0 Å². The summed E-state index contributed by atoms with van der Waals surface area (Å²) in [5.41, 5.74) is 2.81. The molecular formula is C29H40N6O4. The molecule has 10 nitrogen and oxygen atoms in total. The molecule has 4 fully saturated rings. The smallest absolute Gasteiger partial charge is 0.410 e. The van der Waals surface area contributed by atoms with Gasteiger partial charge in [0.2, 0.25) is 11.8 Å². The van der Waals surface area contributed by atoms with E-state index in [4.69, 9.17) is 9.84 Å². The number of nitrogens with one attached hydrogen (secondary N) is 1. The number of fused-ring (bicyclic) bond motifs is 1. The van der Waals surface area contributed by atoms with E-state index in [1.54, 1.807) is 0 Å². The Morgan fingerprint density at radius 3 is 2.49 bits per heavy atom. The Balaban J connectivity index is 1.03. The predicted molar refractivity (Wildman–Crippen MR) is 147 cm³/mol. The van der Waals surface area contributed by atoms with E-state index in [0.29, 0.717) is 18.8 Å². The Morgan fingerprint density at radius 1 is 1.10 bits per heavy atom. The monoisotopic (exact) mass is 536 g/mol. The van der Waals surface area contributed by atoms with Crippen LogP contribution in [0.3, 0.4) is 0 Å². The number of nitrogens with zero attached hydrogens (tertiary/aromatic N) is 5. The summed E-state index contributed by atoms with van der Waals surface area (Å²) in [7, 11) is 1.94. The molecule has 4 aliphatic rings. The minimum Gasteiger partial charge on any atom is -0.444 e. The number of ether oxygens (including phenoxy) is 1. The van der Waals surface area contributed by atoms with Crippen molar-refractivity contribution in [3.05, 3.63) is 23.9 Å². The third-order valence-electron chi connectivity index (χ3n) is 8.74. The van der Waals surface area contributed by atoms with Gasteiger partial charge in [-0.3, -0.25) is 19.6 Å². The number of piperidine rings is 2. The molecule has 2 aromatic rings. The molecule has 1 N–H and O–H groups in total. The molecule has 4 aliphatic heterocycles. The van der Waals surface area contributed by atoms with Gasteiger partial charge in [0.15, 0.2) is 0 Å². The molecule has 5 heterocycles. The van der Waals surface area contributed by atoms with Gasteiger partial charge in [0, 0.05) is 70.1 Å². The quantitative estimate of drug-likeness (QED) is 0.600. The number of imide groups is 1. The molecule has 210 valence electrons. The van der Waals surface area contributed by atoms with Gasteiger partial charge in [-0.2, -0.15) is 5.10 Å². The third-order valence-corrected chi connectivity index (χ3v) is 8.74. The molecule has 1 unspecified atom stereocenters. The van der Waals surface area contributed by atoms with Gasteiger partial charge in [0.25, 0.3) is 0 Å². The van der Waals surface area contributed by atoms with Gasteiger partial charge in [0.1, 0.15) is 5.60 Å². The molecule has 1 aromatic heterocycles. The first kappa shape index (κ1) is 26.1. The topological polar surface area (TPSA) is 100 Å². The van der Waals surface area contributed by atoms with Crippen LogP contribution in [-0.2, 0) is 21.4 Å². The average Bonchev–Trinajstić information content (AvgIpc) is 3.15. The summed E-state index contributed by atoms with van der Waals surface area (Å²) in [5, 5.41) is 8.23. The van der Waals surface area contributed by atoms with Crippen molar-refractivity contribution in [1.29, 1.82) is 0 Å². The van der Waals surface area contributed by atoms with Crippen molar-refractivity contribution >= 4 is 34.5 Å². The van der Waals surface area contributed by atoms with Crippen LogP contribution in [0.5, 0.6) is 0 Å². The molecule has 3 amide bonds. The van der Waals surface area contributed by atoms with Crippen molar-refractivity contribution in [3.8, 4) is 0 Å². The predicted octanol–water partition coefficient (Wildman–Crippen LogP) is 2.86. The average molecular weight is 537 g/mol. The number of para-hydroxylation sites is 1. The van der Waals surface area contributed by atoms with Crippen LogP contribution in [0.1, 0.15) is 58.1 Å². The molecule has 0 saturated carbocycles. The number of rotatable bonds is 4. The van der Waals surface area contributed by atoms with E-state index in [0.717, 1.165) is 75.3 Å². The summed E-state index contributed by atoms with van der Waals surface area (Å²) in [6.07, 6.45) is 2.95. The summed E-state index contributed by atoms with van der Waals surface area (Å²) in [6.45, 7) is 12.6. The molecular weight excluding hydrogens is 496 g/mol. The second kappa shape index (κ2) is 9.50. The lowest BCUT2D eigenvalue weighted by Crippen LogP contribution is -2.73. The number of anilines is 1. The van der Waals surface area contributed by atoms with E-state index in [9.17, 15) is 14.4 Å². The van der Waals surface area contributed by atoms with Gasteiger partial charge >= 0.3 is 6.09 Å². The number of carbonyl (C=O) groups is 3. The number of likely N-dealkylation sites (tertiary alicyclic amines) is 2. The van der Waals surface area contributed by atoms with Crippen LogP contribution >= 0.6 is 0 Å². The molecule has 6 rings (SSSR count). The maximum atomic E-state index is 12.5. The number of amides is 3. The van der Waals surface area contributed by atoms with Gasteiger partial charge in [0.05, 0.1) is 22.8 Å². The lowest BCUT2D eigenvalue weighted by Gasteiger charge is -2.60. The molecule has 1 atom stereocenters. The largest absolute Gasteiger partial charge is 0.444 e. The lowest BCUT2D eigenvalue weighted by atomic mass is 9.72. The van der Waals surface area contributed by atoms with Crippen molar-refractivity contribution in [3.63, 3.8) is 0 Å². The fraction of sp³-hybridized carbons (Fsp3) is 0.655. The first-order chi connectivity index (χ1) is 18.5. The van der Waals surface area contributed by atoms with E-state index in [2.05, 4.69) is 27.2 Å². The first-order valence-corrected chi connectivity index (χ1v) is 14.2. The second-order valence-electron chi connectivity index (χ2n) is 13.1. The Kier molecular flexibility index (Phi) is 6.36. The summed E-state index contributed by atoms with van der Waals surface area (Å²) in [5.74, 6) is -0.168. The fourth-order valence-corrected chi connectivity index (χ4v) is 6.98. The number of hydrogen-bond donors (Lipinski definition) is 1. The van der Waals surface area contributed by atoms with E-state index in [1.165, 1.54) is 5.69 Å². The van der Waals surface area contributed by atoms with Gasteiger partial charge in [-0.25, -0.2) is 4.79 Å². The SMILES string of the molecule is Cn1nc(C2CCC(=O)NC2=O)c2cccc(N3CCC(CN4CC5(C4)CN(C(=O)OC(C)(C)C)C5)CC3)c21. The Labute approximate surface area is 229 Å².